The second-order valence-corrected chi connectivity index (χ2v) is 8.87. The Morgan fingerprint density at radius 2 is 1.79 bits per heavy atom. The van der Waals surface area contributed by atoms with Gasteiger partial charge in [-0.3, -0.25) is 9.59 Å². The third-order valence-electron chi connectivity index (χ3n) is 5.70. The maximum atomic E-state index is 14.8. The minimum atomic E-state index is -0.762. The number of nitrogens with one attached hydrogen (secondary N) is 2. The fourth-order valence-corrected chi connectivity index (χ4v) is 4.10. The van der Waals surface area contributed by atoms with Gasteiger partial charge in [0.15, 0.2) is 0 Å². The van der Waals surface area contributed by atoms with Gasteiger partial charge in [-0.1, -0.05) is 29.6 Å². The van der Waals surface area contributed by atoms with Crippen LogP contribution in [-0.2, 0) is 0 Å². The molecule has 0 radical (unpaired) electrons. The number of nitrogens with zero attached hydrogens (tertiary/aromatic N) is 1. The van der Waals surface area contributed by atoms with Gasteiger partial charge >= 0.3 is 0 Å². The number of hydrogen-bond acceptors (Lipinski definition) is 4. The van der Waals surface area contributed by atoms with E-state index in [9.17, 15) is 18.4 Å². The third-order valence-corrected chi connectivity index (χ3v) is 6.30. The molecule has 2 aromatic carbocycles. The molecule has 0 bridgehead atoms. The molecule has 4 N–H and O–H groups in total. The zero-order chi connectivity index (χ0) is 24.4. The molecule has 10 heteroatoms. The molecule has 176 valence electrons. The van der Waals surface area contributed by atoms with Crippen molar-refractivity contribution in [2.75, 3.05) is 17.6 Å². The number of carbonyl (C=O) groups is 2. The van der Waals surface area contributed by atoms with Crippen LogP contribution in [0.15, 0.2) is 42.6 Å². The first-order valence-electron chi connectivity index (χ1n) is 10.5. The Balaban J connectivity index is 1.49. The summed E-state index contributed by atoms with van der Waals surface area (Å²) < 4.78 is 28.1. The highest BCUT2D eigenvalue weighted by Gasteiger charge is 2.21. The van der Waals surface area contributed by atoms with E-state index in [2.05, 4.69) is 15.6 Å². The van der Waals surface area contributed by atoms with Crippen molar-refractivity contribution in [3.05, 3.63) is 75.5 Å². The van der Waals surface area contributed by atoms with E-state index in [1.807, 2.05) is 0 Å². The second-order valence-electron chi connectivity index (χ2n) is 8.06. The molecule has 0 unspecified atom stereocenters. The number of rotatable bonds is 6. The highest BCUT2D eigenvalue weighted by molar-refractivity contribution is 6.35. The minimum absolute atomic E-state index is 0.0287. The quantitative estimate of drug-likeness (QED) is 0.375. The Morgan fingerprint density at radius 3 is 2.44 bits per heavy atom. The summed E-state index contributed by atoms with van der Waals surface area (Å²) in [6.45, 7) is 0.568. The van der Waals surface area contributed by atoms with E-state index in [-0.39, 0.29) is 43.8 Å². The average Bonchev–Trinajstić information content (AvgIpc) is 2.74. The SMILES string of the molecule is Nc1cc(F)ccc1-c1cc(Cl)c(C(=O)Nc2cnc(C(=O)NCC3CCC3)c(Cl)c2)cc1F. The Hall–Kier alpha value is -3.23. The first kappa shape index (κ1) is 23.9. The van der Waals surface area contributed by atoms with Gasteiger partial charge in [0, 0.05) is 23.4 Å². The molecule has 1 saturated carbocycles. The Kier molecular flexibility index (Phi) is 7.00. The Labute approximate surface area is 204 Å². The van der Waals surface area contributed by atoms with E-state index in [0.29, 0.717) is 12.5 Å². The number of benzene rings is 2. The molecule has 4 rings (SSSR count). The molecule has 3 aromatic rings. The molecule has 1 aliphatic rings. The van der Waals surface area contributed by atoms with Crippen molar-refractivity contribution >= 4 is 46.4 Å². The highest BCUT2D eigenvalue weighted by atomic mass is 35.5. The van der Waals surface area contributed by atoms with Crippen molar-refractivity contribution in [1.82, 2.24) is 10.3 Å². The number of nitrogen functional groups attached to an aromatic ring is 1. The smallest absolute Gasteiger partial charge is 0.271 e. The van der Waals surface area contributed by atoms with Crippen LogP contribution in [0.1, 0.15) is 40.1 Å². The summed E-state index contributed by atoms with van der Waals surface area (Å²) in [5, 5.41) is 5.36. The maximum absolute atomic E-state index is 14.8. The average molecular weight is 505 g/mol. The summed E-state index contributed by atoms with van der Waals surface area (Å²) in [6.07, 6.45) is 4.63. The molecule has 34 heavy (non-hydrogen) atoms. The van der Waals surface area contributed by atoms with Gasteiger partial charge in [-0.2, -0.15) is 0 Å². The van der Waals surface area contributed by atoms with Crippen molar-refractivity contribution < 1.29 is 18.4 Å². The van der Waals surface area contributed by atoms with Gasteiger partial charge in [0.1, 0.15) is 17.3 Å². The molecule has 1 aromatic heterocycles. The van der Waals surface area contributed by atoms with Crippen molar-refractivity contribution in [3.8, 4) is 11.1 Å². The van der Waals surface area contributed by atoms with Crippen LogP contribution < -0.4 is 16.4 Å². The standard InChI is InChI=1S/C24H20Cl2F2N4O2/c25-18-8-16(15-5-4-13(27)6-21(15)29)20(28)9-17(18)23(33)32-14-7-19(26)22(30-11-14)24(34)31-10-12-2-1-3-12/h4-9,11-12H,1-3,10,29H2,(H,31,34)(H,32,33). The van der Waals surface area contributed by atoms with Crippen LogP contribution in [0.2, 0.25) is 10.0 Å². The fourth-order valence-electron chi connectivity index (χ4n) is 3.60. The lowest BCUT2D eigenvalue weighted by atomic mass is 9.85. The number of halogens is 4. The van der Waals surface area contributed by atoms with Crippen LogP contribution in [-0.4, -0.2) is 23.3 Å². The van der Waals surface area contributed by atoms with Crippen LogP contribution >= 0.6 is 23.2 Å². The lowest BCUT2D eigenvalue weighted by molar-refractivity contribution is 0.0934. The molecule has 2 amide bonds. The van der Waals surface area contributed by atoms with Gasteiger partial charge in [0.05, 0.1) is 27.5 Å². The monoisotopic (exact) mass is 504 g/mol. The Bertz CT molecular complexity index is 1280. The predicted molar refractivity (Wildman–Crippen MR) is 128 cm³/mol. The summed E-state index contributed by atoms with van der Waals surface area (Å²) in [5.74, 6) is -1.93. The van der Waals surface area contributed by atoms with Gasteiger partial charge in [-0.15, -0.1) is 0 Å². The number of carbonyl (C=O) groups excluding carboxylic acids is 2. The fraction of sp³-hybridized carbons (Fsp3) is 0.208. The second kappa shape index (κ2) is 9.95. The molecule has 0 saturated heterocycles. The molecular weight excluding hydrogens is 485 g/mol. The summed E-state index contributed by atoms with van der Waals surface area (Å²) in [4.78, 5) is 29.1. The number of anilines is 2. The molecular formula is C24H20Cl2F2N4O2. The van der Waals surface area contributed by atoms with E-state index < -0.39 is 23.4 Å². The number of amides is 2. The van der Waals surface area contributed by atoms with E-state index in [1.54, 1.807) is 0 Å². The van der Waals surface area contributed by atoms with Crippen molar-refractivity contribution in [3.63, 3.8) is 0 Å². The molecule has 0 aliphatic heterocycles. The summed E-state index contributed by atoms with van der Waals surface area (Å²) >= 11 is 12.4. The van der Waals surface area contributed by atoms with Crippen LogP contribution in [0.25, 0.3) is 11.1 Å². The molecule has 0 atom stereocenters. The van der Waals surface area contributed by atoms with Crippen molar-refractivity contribution in [2.24, 2.45) is 5.92 Å². The van der Waals surface area contributed by atoms with Crippen molar-refractivity contribution in [2.45, 2.75) is 19.3 Å². The van der Waals surface area contributed by atoms with Crippen LogP contribution in [0, 0.1) is 17.6 Å². The van der Waals surface area contributed by atoms with E-state index in [4.69, 9.17) is 28.9 Å². The first-order chi connectivity index (χ1) is 16.2. The molecule has 6 nitrogen and oxygen atoms in total. The largest absolute Gasteiger partial charge is 0.398 e. The third kappa shape index (κ3) is 5.13. The van der Waals surface area contributed by atoms with Gasteiger partial charge in [-0.25, -0.2) is 13.8 Å². The van der Waals surface area contributed by atoms with Crippen LogP contribution in [0.5, 0.6) is 0 Å². The maximum Gasteiger partial charge on any atom is 0.271 e. The lowest BCUT2D eigenvalue weighted by Crippen LogP contribution is -2.32. The summed E-state index contributed by atoms with van der Waals surface area (Å²) in [7, 11) is 0. The van der Waals surface area contributed by atoms with Crippen LogP contribution in [0.4, 0.5) is 20.2 Å². The number of hydrogen-bond donors (Lipinski definition) is 3. The first-order valence-corrected chi connectivity index (χ1v) is 11.3. The number of nitrogens with two attached hydrogens (primary N) is 1. The summed E-state index contributed by atoms with van der Waals surface area (Å²) in [5.41, 5.74) is 6.20. The topological polar surface area (TPSA) is 97.1 Å². The van der Waals surface area contributed by atoms with Crippen molar-refractivity contribution in [1.29, 1.82) is 0 Å². The molecule has 0 spiro atoms. The van der Waals surface area contributed by atoms with E-state index in [0.717, 1.165) is 31.0 Å². The molecule has 1 fully saturated rings. The van der Waals surface area contributed by atoms with Gasteiger partial charge < -0.3 is 16.4 Å². The number of pyridine rings is 1. The van der Waals surface area contributed by atoms with Gasteiger partial charge in [0.2, 0.25) is 0 Å². The molecule has 1 heterocycles. The Morgan fingerprint density at radius 1 is 1.03 bits per heavy atom. The normalized spacial score (nSPS) is 13.3. The predicted octanol–water partition coefficient (Wildman–Crippen LogP) is 5.70. The lowest BCUT2D eigenvalue weighted by Gasteiger charge is -2.25. The van der Waals surface area contributed by atoms with E-state index in [1.165, 1.54) is 30.8 Å². The van der Waals surface area contributed by atoms with E-state index >= 15 is 0 Å². The molecule has 1 aliphatic carbocycles. The summed E-state index contributed by atoms with van der Waals surface area (Å²) in [6, 6.07) is 7.13. The van der Waals surface area contributed by atoms with Crippen LogP contribution in [0.3, 0.4) is 0 Å². The highest BCUT2D eigenvalue weighted by Crippen LogP contribution is 2.33. The number of aromatic nitrogens is 1. The zero-order valence-electron chi connectivity index (χ0n) is 17.8. The minimum Gasteiger partial charge on any atom is -0.398 e. The van der Waals surface area contributed by atoms with Gasteiger partial charge in [0.25, 0.3) is 11.8 Å². The van der Waals surface area contributed by atoms with Gasteiger partial charge in [-0.05, 0) is 55.2 Å². The zero-order valence-corrected chi connectivity index (χ0v) is 19.3.